The zero-order valence-corrected chi connectivity index (χ0v) is 6.59. The van der Waals surface area contributed by atoms with Gasteiger partial charge in [-0.3, -0.25) is 0 Å². The maximum Gasteiger partial charge on any atom is 0.0361 e. The maximum absolute atomic E-state index is 5.65. The Balaban J connectivity index is 3.02. The van der Waals surface area contributed by atoms with E-state index in [0.29, 0.717) is 6.54 Å². The molecule has 0 unspecified atom stereocenters. The van der Waals surface area contributed by atoms with Gasteiger partial charge in [0.25, 0.3) is 0 Å². The van der Waals surface area contributed by atoms with Gasteiger partial charge >= 0.3 is 0 Å². The van der Waals surface area contributed by atoms with Crippen molar-refractivity contribution in [2.75, 3.05) is 18.1 Å². The number of anilines is 2. The van der Waals surface area contributed by atoms with Crippen LogP contribution in [-0.4, -0.2) is 7.05 Å². The molecule has 1 rings (SSSR count). The van der Waals surface area contributed by atoms with E-state index in [2.05, 4.69) is 5.32 Å². The number of rotatable bonds is 2. The van der Waals surface area contributed by atoms with Gasteiger partial charge in [0.1, 0.15) is 0 Å². The van der Waals surface area contributed by atoms with Crippen molar-refractivity contribution in [2.45, 2.75) is 6.54 Å². The molecule has 11 heavy (non-hydrogen) atoms. The summed E-state index contributed by atoms with van der Waals surface area (Å²) < 4.78 is 0. The van der Waals surface area contributed by atoms with Crippen molar-refractivity contribution < 1.29 is 0 Å². The van der Waals surface area contributed by atoms with Gasteiger partial charge in [-0.15, -0.1) is 0 Å². The molecule has 60 valence electrons. The summed E-state index contributed by atoms with van der Waals surface area (Å²) >= 11 is 0. The van der Waals surface area contributed by atoms with Gasteiger partial charge in [-0.2, -0.15) is 0 Å². The van der Waals surface area contributed by atoms with E-state index in [1.54, 1.807) is 0 Å². The van der Waals surface area contributed by atoms with E-state index in [4.69, 9.17) is 11.5 Å². The monoisotopic (exact) mass is 151 g/mol. The van der Waals surface area contributed by atoms with Gasteiger partial charge < -0.3 is 16.8 Å². The molecule has 0 saturated carbocycles. The lowest BCUT2D eigenvalue weighted by molar-refractivity contribution is 1.08. The third-order valence-corrected chi connectivity index (χ3v) is 1.65. The first-order valence-corrected chi connectivity index (χ1v) is 3.54. The number of benzene rings is 1. The van der Waals surface area contributed by atoms with Crippen LogP contribution in [0.15, 0.2) is 18.2 Å². The highest BCUT2D eigenvalue weighted by molar-refractivity contribution is 5.56. The Labute approximate surface area is 66.4 Å². The van der Waals surface area contributed by atoms with Crippen LogP contribution >= 0.6 is 0 Å². The Bertz CT molecular complexity index is 245. The Morgan fingerprint density at radius 1 is 1.45 bits per heavy atom. The van der Waals surface area contributed by atoms with Gasteiger partial charge in [-0.25, -0.2) is 0 Å². The van der Waals surface area contributed by atoms with Crippen LogP contribution in [0, 0.1) is 0 Å². The lowest BCUT2D eigenvalue weighted by Gasteiger charge is -2.05. The van der Waals surface area contributed by atoms with Crippen LogP contribution in [-0.2, 0) is 6.54 Å². The SMILES string of the molecule is CNc1ccc(N)c(CN)c1. The standard InChI is InChI=1S/C8H13N3/c1-11-7-2-3-8(10)6(4-7)5-9/h2-4,11H,5,9-10H2,1H3. The largest absolute Gasteiger partial charge is 0.398 e. The molecule has 0 aromatic heterocycles. The Morgan fingerprint density at radius 2 is 2.18 bits per heavy atom. The minimum atomic E-state index is 0.487. The van der Waals surface area contributed by atoms with Gasteiger partial charge in [0.05, 0.1) is 0 Å². The summed E-state index contributed by atoms with van der Waals surface area (Å²) in [6, 6.07) is 5.73. The summed E-state index contributed by atoms with van der Waals surface area (Å²) in [4.78, 5) is 0. The highest BCUT2D eigenvalue weighted by Crippen LogP contribution is 2.16. The molecule has 0 aliphatic heterocycles. The number of nitrogens with two attached hydrogens (primary N) is 2. The molecule has 1 aromatic rings. The minimum Gasteiger partial charge on any atom is -0.398 e. The van der Waals surface area contributed by atoms with E-state index in [1.807, 2.05) is 25.2 Å². The van der Waals surface area contributed by atoms with Crippen LogP contribution in [0.4, 0.5) is 11.4 Å². The maximum atomic E-state index is 5.65. The Hall–Kier alpha value is -1.22. The Morgan fingerprint density at radius 3 is 2.73 bits per heavy atom. The molecule has 0 aliphatic rings. The highest BCUT2D eigenvalue weighted by Gasteiger charge is 1.96. The molecule has 0 heterocycles. The third kappa shape index (κ3) is 1.62. The van der Waals surface area contributed by atoms with Crippen LogP contribution in [0.3, 0.4) is 0 Å². The molecule has 3 heteroatoms. The van der Waals surface area contributed by atoms with Crippen LogP contribution in [0.1, 0.15) is 5.56 Å². The molecule has 0 bridgehead atoms. The third-order valence-electron chi connectivity index (χ3n) is 1.65. The first kappa shape index (κ1) is 7.88. The molecule has 0 saturated heterocycles. The van der Waals surface area contributed by atoms with Crippen molar-refractivity contribution in [1.82, 2.24) is 0 Å². The zero-order chi connectivity index (χ0) is 8.27. The molecule has 0 fully saturated rings. The fourth-order valence-electron chi connectivity index (χ4n) is 0.938. The van der Waals surface area contributed by atoms with Crippen LogP contribution < -0.4 is 16.8 Å². The normalized spacial score (nSPS) is 9.64. The van der Waals surface area contributed by atoms with Crippen LogP contribution in [0.25, 0.3) is 0 Å². The zero-order valence-electron chi connectivity index (χ0n) is 6.59. The summed E-state index contributed by atoms with van der Waals surface area (Å²) in [5.74, 6) is 0. The lowest BCUT2D eigenvalue weighted by Crippen LogP contribution is -2.02. The van der Waals surface area contributed by atoms with Gasteiger partial charge in [0.2, 0.25) is 0 Å². The quantitative estimate of drug-likeness (QED) is 0.547. The van der Waals surface area contributed by atoms with Crippen molar-refractivity contribution in [3.63, 3.8) is 0 Å². The van der Waals surface area contributed by atoms with Crippen molar-refractivity contribution in [2.24, 2.45) is 5.73 Å². The predicted octanol–water partition coefficient (Wildman–Crippen LogP) is 0.769. The van der Waals surface area contributed by atoms with E-state index in [1.165, 1.54) is 0 Å². The molecule has 1 aromatic carbocycles. The van der Waals surface area contributed by atoms with Gasteiger partial charge in [-0.1, -0.05) is 0 Å². The van der Waals surface area contributed by atoms with Gasteiger partial charge in [0.15, 0.2) is 0 Å². The molecule has 0 spiro atoms. The van der Waals surface area contributed by atoms with Gasteiger partial charge in [0, 0.05) is 25.0 Å². The second kappa shape index (κ2) is 3.25. The molecule has 0 aliphatic carbocycles. The molecule has 0 radical (unpaired) electrons. The fourth-order valence-corrected chi connectivity index (χ4v) is 0.938. The summed E-state index contributed by atoms with van der Waals surface area (Å²) in [6.45, 7) is 0.487. The van der Waals surface area contributed by atoms with Crippen molar-refractivity contribution in [3.8, 4) is 0 Å². The molecular weight excluding hydrogens is 138 g/mol. The molecule has 0 amide bonds. The first-order chi connectivity index (χ1) is 5.27. The van der Waals surface area contributed by atoms with Gasteiger partial charge in [-0.05, 0) is 23.8 Å². The second-order valence-corrected chi connectivity index (χ2v) is 2.37. The average molecular weight is 151 g/mol. The van der Waals surface area contributed by atoms with Crippen molar-refractivity contribution in [1.29, 1.82) is 0 Å². The summed E-state index contributed by atoms with van der Waals surface area (Å²) in [6.07, 6.45) is 0. The summed E-state index contributed by atoms with van der Waals surface area (Å²) in [5, 5.41) is 3.02. The molecule has 0 atom stereocenters. The van der Waals surface area contributed by atoms with E-state index in [-0.39, 0.29) is 0 Å². The molecular formula is C8H13N3. The summed E-state index contributed by atoms with van der Waals surface area (Å²) in [7, 11) is 1.87. The highest BCUT2D eigenvalue weighted by atomic mass is 14.8. The lowest BCUT2D eigenvalue weighted by atomic mass is 10.1. The molecule has 5 N–H and O–H groups in total. The topological polar surface area (TPSA) is 64.1 Å². The minimum absolute atomic E-state index is 0.487. The number of nitrogen functional groups attached to an aromatic ring is 1. The van der Waals surface area contributed by atoms with Crippen molar-refractivity contribution in [3.05, 3.63) is 23.8 Å². The number of nitrogens with one attached hydrogen (secondary N) is 1. The van der Waals surface area contributed by atoms with Crippen LogP contribution in [0.5, 0.6) is 0 Å². The van der Waals surface area contributed by atoms with E-state index in [9.17, 15) is 0 Å². The number of hydrogen-bond acceptors (Lipinski definition) is 3. The Kier molecular flexibility index (Phi) is 2.33. The first-order valence-electron chi connectivity index (χ1n) is 3.54. The number of hydrogen-bond donors (Lipinski definition) is 3. The average Bonchev–Trinajstić information content (AvgIpc) is 2.05. The van der Waals surface area contributed by atoms with E-state index < -0.39 is 0 Å². The van der Waals surface area contributed by atoms with E-state index >= 15 is 0 Å². The smallest absolute Gasteiger partial charge is 0.0361 e. The second-order valence-electron chi connectivity index (χ2n) is 2.37. The van der Waals surface area contributed by atoms with Crippen LogP contribution in [0.2, 0.25) is 0 Å². The van der Waals surface area contributed by atoms with Crippen molar-refractivity contribution >= 4 is 11.4 Å². The molecule has 3 nitrogen and oxygen atoms in total. The van der Waals surface area contributed by atoms with E-state index in [0.717, 1.165) is 16.9 Å². The fraction of sp³-hybridized carbons (Fsp3) is 0.250. The predicted molar refractivity (Wildman–Crippen MR) is 48.3 cm³/mol. The summed E-state index contributed by atoms with van der Waals surface area (Å²) in [5.41, 5.74) is 13.9.